The van der Waals surface area contributed by atoms with Gasteiger partial charge in [0.05, 0.1) is 24.8 Å². The summed E-state index contributed by atoms with van der Waals surface area (Å²) in [4.78, 5) is 14.6. The summed E-state index contributed by atoms with van der Waals surface area (Å²) in [5.41, 5.74) is 0.300. The molecule has 1 aliphatic heterocycles. The first-order valence-electron chi connectivity index (χ1n) is 8.99. The molecule has 1 heterocycles. The Balaban J connectivity index is 1.58. The summed E-state index contributed by atoms with van der Waals surface area (Å²) in [7, 11) is 1.68. The monoisotopic (exact) mass is 332 g/mol. The number of rotatable bonds is 5. The van der Waals surface area contributed by atoms with E-state index in [4.69, 9.17) is 4.74 Å². The van der Waals surface area contributed by atoms with Crippen molar-refractivity contribution in [2.45, 2.75) is 56.6 Å². The highest BCUT2D eigenvalue weighted by Crippen LogP contribution is 2.33. The van der Waals surface area contributed by atoms with E-state index < -0.39 is 5.60 Å². The van der Waals surface area contributed by atoms with Crippen molar-refractivity contribution in [3.05, 3.63) is 24.3 Å². The Morgan fingerprint density at radius 2 is 2.08 bits per heavy atom. The van der Waals surface area contributed by atoms with Crippen LogP contribution in [0.2, 0.25) is 0 Å². The zero-order valence-electron chi connectivity index (χ0n) is 14.5. The Morgan fingerprint density at radius 1 is 1.33 bits per heavy atom. The standard InChI is InChI=1S/C19H28N2O3/c1-24-17-9-3-2-8-16(17)21-12-6-7-15(14-21)20-18(22)13-19(23)10-4-5-11-19/h2-3,8-9,15,23H,4-7,10-14H2,1H3,(H,20,22). The number of aliphatic hydroxyl groups is 1. The van der Waals surface area contributed by atoms with Crippen LogP contribution in [0, 0.1) is 0 Å². The quantitative estimate of drug-likeness (QED) is 0.869. The molecule has 1 aromatic rings. The maximum Gasteiger partial charge on any atom is 0.223 e. The van der Waals surface area contributed by atoms with Crippen LogP contribution in [0.25, 0.3) is 0 Å². The molecule has 24 heavy (non-hydrogen) atoms. The van der Waals surface area contributed by atoms with Crippen LogP contribution in [0.3, 0.4) is 0 Å². The molecule has 5 heteroatoms. The van der Waals surface area contributed by atoms with E-state index in [0.29, 0.717) is 0 Å². The van der Waals surface area contributed by atoms with Crippen LogP contribution >= 0.6 is 0 Å². The minimum atomic E-state index is -0.777. The van der Waals surface area contributed by atoms with Gasteiger partial charge in [0.25, 0.3) is 0 Å². The SMILES string of the molecule is COc1ccccc1N1CCCC(NC(=O)CC2(O)CCCC2)C1. The lowest BCUT2D eigenvalue weighted by atomic mass is 9.97. The van der Waals surface area contributed by atoms with Crippen LogP contribution in [0.5, 0.6) is 5.75 Å². The summed E-state index contributed by atoms with van der Waals surface area (Å²) in [5.74, 6) is 0.844. The van der Waals surface area contributed by atoms with Gasteiger partial charge in [-0.3, -0.25) is 4.79 Å². The molecule has 1 amide bonds. The molecule has 0 aromatic heterocycles. The Hall–Kier alpha value is -1.75. The van der Waals surface area contributed by atoms with Crippen molar-refractivity contribution in [1.82, 2.24) is 5.32 Å². The molecule has 1 atom stereocenters. The second kappa shape index (κ2) is 7.43. The van der Waals surface area contributed by atoms with Crippen LogP contribution < -0.4 is 15.0 Å². The minimum Gasteiger partial charge on any atom is -0.495 e. The van der Waals surface area contributed by atoms with Gasteiger partial charge in [0.15, 0.2) is 0 Å². The smallest absolute Gasteiger partial charge is 0.223 e. The number of benzene rings is 1. The Kier molecular flexibility index (Phi) is 5.29. The number of para-hydroxylation sites is 2. The number of nitrogens with zero attached hydrogens (tertiary/aromatic N) is 1. The fourth-order valence-electron chi connectivity index (χ4n) is 3.99. The van der Waals surface area contributed by atoms with Gasteiger partial charge in [-0.1, -0.05) is 25.0 Å². The molecular formula is C19H28N2O3. The van der Waals surface area contributed by atoms with Crippen molar-refractivity contribution in [2.24, 2.45) is 0 Å². The maximum atomic E-state index is 12.3. The summed E-state index contributed by atoms with van der Waals surface area (Å²) in [6, 6.07) is 8.13. The fourth-order valence-corrected chi connectivity index (χ4v) is 3.99. The van der Waals surface area contributed by atoms with Crippen LogP contribution in [0.4, 0.5) is 5.69 Å². The number of methoxy groups -OCH3 is 1. The van der Waals surface area contributed by atoms with E-state index in [1.807, 2.05) is 18.2 Å². The summed E-state index contributed by atoms with van der Waals surface area (Å²) in [6.07, 6.45) is 5.79. The van der Waals surface area contributed by atoms with E-state index >= 15 is 0 Å². The van der Waals surface area contributed by atoms with Crippen molar-refractivity contribution in [3.8, 4) is 5.75 Å². The molecule has 1 aliphatic carbocycles. The molecule has 1 unspecified atom stereocenters. The fraction of sp³-hybridized carbons (Fsp3) is 0.632. The van der Waals surface area contributed by atoms with Crippen LogP contribution in [-0.2, 0) is 4.79 Å². The summed E-state index contributed by atoms with van der Waals surface area (Å²) in [5, 5.41) is 13.5. The van der Waals surface area contributed by atoms with Crippen molar-refractivity contribution in [1.29, 1.82) is 0 Å². The van der Waals surface area contributed by atoms with Gasteiger partial charge in [0.1, 0.15) is 5.75 Å². The van der Waals surface area contributed by atoms with Crippen molar-refractivity contribution < 1.29 is 14.6 Å². The zero-order chi connectivity index (χ0) is 17.0. The number of anilines is 1. The molecule has 2 N–H and O–H groups in total. The van der Waals surface area contributed by atoms with E-state index in [1.54, 1.807) is 7.11 Å². The average molecular weight is 332 g/mol. The number of amides is 1. The first-order valence-corrected chi connectivity index (χ1v) is 8.99. The van der Waals surface area contributed by atoms with Gasteiger partial charge in [-0.15, -0.1) is 0 Å². The first-order chi connectivity index (χ1) is 11.6. The highest BCUT2D eigenvalue weighted by molar-refractivity contribution is 5.77. The number of carbonyl (C=O) groups excluding carboxylic acids is 1. The van der Waals surface area contributed by atoms with Crippen LogP contribution in [0.15, 0.2) is 24.3 Å². The lowest BCUT2D eigenvalue weighted by molar-refractivity contribution is -0.126. The predicted octanol–water partition coefficient (Wildman–Crippen LogP) is 2.48. The highest BCUT2D eigenvalue weighted by Gasteiger charge is 2.34. The van der Waals surface area contributed by atoms with Crippen molar-refractivity contribution in [2.75, 3.05) is 25.1 Å². The van der Waals surface area contributed by atoms with Gasteiger partial charge < -0.3 is 20.1 Å². The third kappa shape index (κ3) is 4.01. The lowest BCUT2D eigenvalue weighted by Crippen LogP contribution is -2.49. The number of nitrogens with one attached hydrogen (secondary N) is 1. The number of piperidine rings is 1. The maximum absolute atomic E-state index is 12.3. The van der Waals surface area contributed by atoms with Gasteiger partial charge in [0, 0.05) is 19.1 Å². The van der Waals surface area contributed by atoms with Crippen LogP contribution in [0.1, 0.15) is 44.9 Å². The van der Waals surface area contributed by atoms with E-state index in [2.05, 4.69) is 16.3 Å². The van der Waals surface area contributed by atoms with E-state index in [9.17, 15) is 9.90 Å². The third-order valence-electron chi connectivity index (χ3n) is 5.24. The number of carbonyl (C=O) groups is 1. The minimum absolute atomic E-state index is 0.0220. The number of hydrogen-bond acceptors (Lipinski definition) is 4. The second-order valence-corrected chi connectivity index (χ2v) is 7.13. The Bertz CT molecular complexity index is 569. The summed E-state index contributed by atoms with van der Waals surface area (Å²) < 4.78 is 5.45. The molecule has 0 radical (unpaired) electrons. The lowest BCUT2D eigenvalue weighted by Gasteiger charge is -2.35. The molecule has 3 rings (SSSR count). The van der Waals surface area contributed by atoms with Gasteiger partial charge >= 0.3 is 0 Å². The van der Waals surface area contributed by atoms with Gasteiger partial charge in [-0.05, 0) is 37.8 Å². The van der Waals surface area contributed by atoms with E-state index in [0.717, 1.165) is 63.1 Å². The molecule has 0 spiro atoms. The largest absolute Gasteiger partial charge is 0.495 e. The van der Waals surface area contributed by atoms with Crippen molar-refractivity contribution in [3.63, 3.8) is 0 Å². The van der Waals surface area contributed by atoms with Gasteiger partial charge in [-0.25, -0.2) is 0 Å². The highest BCUT2D eigenvalue weighted by atomic mass is 16.5. The Labute approximate surface area is 144 Å². The molecule has 2 aliphatic rings. The number of hydrogen-bond donors (Lipinski definition) is 2. The van der Waals surface area contributed by atoms with Gasteiger partial charge in [-0.2, -0.15) is 0 Å². The average Bonchev–Trinajstić information content (AvgIpc) is 3.00. The van der Waals surface area contributed by atoms with E-state index in [-0.39, 0.29) is 18.4 Å². The summed E-state index contributed by atoms with van der Waals surface area (Å²) >= 11 is 0. The third-order valence-corrected chi connectivity index (χ3v) is 5.24. The zero-order valence-corrected chi connectivity index (χ0v) is 14.5. The normalized spacial score (nSPS) is 23.1. The topological polar surface area (TPSA) is 61.8 Å². The molecule has 1 saturated heterocycles. The molecular weight excluding hydrogens is 304 g/mol. The second-order valence-electron chi connectivity index (χ2n) is 7.13. The molecule has 5 nitrogen and oxygen atoms in total. The molecule has 1 aromatic carbocycles. The molecule has 0 bridgehead atoms. The number of ether oxygens (including phenoxy) is 1. The van der Waals surface area contributed by atoms with Gasteiger partial charge in [0.2, 0.25) is 5.91 Å². The van der Waals surface area contributed by atoms with E-state index in [1.165, 1.54) is 0 Å². The molecule has 2 fully saturated rings. The Morgan fingerprint density at radius 3 is 2.83 bits per heavy atom. The predicted molar refractivity (Wildman–Crippen MR) is 94.4 cm³/mol. The molecule has 132 valence electrons. The molecule has 1 saturated carbocycles. The van der Waals surface area contributed by atoms with Crippen molar-refractivity contribution >= 4 is 11.6 Å². The summed E-state index contributed by atoms with van der Waals surface area (Å²) in [6.45, 7) is 1.75. The first kappa shape index (κ1) is 17.1. The van der Waals surface area contributed by atoms with Crippen LogP contribution in [-0.4, -0.2) is 42.9 Å².